The van der Waals surface area contributed by atoms with Gasteiger partial charge < -0.3 is 16.6 Å². The molecule has 0 heterocycles. The first-order valence-electron chi connectivity index (χ1n) is 7.96. The zero-order valence-electron chi connectivity index (χ0n) is 12.7. The third-order valence-corrected chi connectivity index (χ3v) is 4.42. The number of hydrogen-bond acceptors (Lipinski definition) is 4. The highest BCUT2D eigenvalue weighted by atomic mass is 16.3. The van der Waals surface area contributed by atoms with E-state index in [2.05, 4.69) is 12.2 Å². The number of amides is 1. The Hall–Kier alpha value is -0.650. The number of nitrogens with two attached hydrogens (primary N) is 2. The lowest BCUT2D eigenvalue weighted by molar-refractivity contribution is -0.121. The van der Waals surface area contributed by atoms with Crippen LogP contribution in [0.3, 0.4) is 0 Å². The number of aliphatic hydroxyl groups is 1. The molecule has 2 unspecified atom stereocenters. The fraction of sp³-hybridized carbons (Fsp3) is 0.933. The molecule has 1 amide bonds. The summed E-state index contributed by atoms with van der Waals surface area (Å²) in [6, 6.07) is -0.472. The van der Waals surface area contributed by atoms with Gasteiger partial charge in [-0.05, 0) is 44.1 Å². The van der Waals surface area contributed by atoms with Crippen LogP contribution in [0.5, 0.6) is 0 Å². The lowest BCUT2D eigenvalue weighted by Gasteiger charge is -2.27. The van der Waals surface area contributed by atoms with Crippen LogP contribution in [0, 0.1) is 11.8 Å². The molecule has 1 aliphatic carbocycles. The number of carbonyl (C=O) groups is 1. The third-order valence-electron chi connectivity index (χ3n) is 4.42. The van der Waals surface area contributed by atoms with Crippen LogP contribution in [0.1, 0.15) is 58.3 Å². The monoisotopic (exact) mass is 285 g/mol. The van der Waals surface area contributed by atoms with Crippen LogP contribution < -0.4 is 16.8 Å². The van der Waals surface area contributed by atoms with Crippen LogP contribution in [-0.4, -0.2) is 29.8 Å². The molecule has 1 fully saturated rings. The molecule has 0 bridgehead atoms. The predicted octanol–water partition coefficient (Wildman–Crippen LogP) is 1.09. The summed E-state index contributed by atoms with van der Waals surface area (Å²) in [5.41, 5.74) is 10.8. The molecule has 0 spiro atoms. The fourth-order valence-electron chi connectivity index (χ4n) is 2.96. The van der Waals surface area contributed by atoms with Crippen LogP contribution in [-0.2, 0) is 4.79 Å². The molecule has 0 saturated heterocycles. The molecule has 5 nitrogen and oxygen atoms in total. The molecule has 5 heteroatoms. The average Bonchev–Trinajstić information content (AvgIpc) is 2.42. The van der Waals surface area contributed by atoms with Gasteiger partial charge in [-0.25, -0.2) is 0 Å². The van der Waals surface area contributed by atoms with Crippen molar-refractivity contribution in [2.45, 2.75) is 70.6 Å². The minimum Gasteiger partial charge on any atom is -0.379 e. The molecular weight excluding hydrogens is 254 g/mol. The number of nitrogens with one attached hydrogen (secondary N) is 1. The Labute approximate surface area is 122 Å². The first-order valence-corrected chi connectivity index (χ1v) is 7.96. The van der Waals surface area contributed by atoms with E-state index in [1.54, 1.807) is 0 Å². The van der Waals surface area contributed by atoms with Crippen molar-refractivity contribution in [1.82, 2.24) is 5.32 Å². The highest BCUT2D eigenvalue weighted by Crippen LogP contribution is 2.31. The molecule has 0 radical (unpaired) electrons. The molecule has 2 atom stereocenters. The summed E-state index contributed by atoms with van der Waals surface area (Å²) in [5.74, 6) is 1.16. The van der Waals surface area contributed by atoms with E-state index in [9.17, 15) is 9.90 Å². The molecule has 1 rings (SSSR count). The van der Waals surface area contributed by atoms with Gasteiger partial charge in [0.05, 0.1) is 6.04 Å². The van der Waals surface area contributed by atoms with Crippen molar-refractivity contribution in [3.63, 3.8) is 0 Å². The maximum Gasteiger partial charge on any atom is 0.234 e. The van der Waals surface area contributed by atoms with E-state index in [-0.39, 0.29) is 0 Å². The van der Waals surface area contributed by atoms with Gasteiger partial charge in [-0.15, -0.1) is 0 Å². The standard InChI is InChI=1S/C15H31N3O2/c1-11-4-6-12(7-5-11)8-9-14(19)18-13(15(17)20)3-2-10-16/h11-14,18-19H,2-10,16H2,1H3,(H2,17,20). The maximum atomic E-state index is 11.3. The van der Waals surface area contributed by atoms with E-state index in [0.29, 0.717) is 19.4 Å². The van der Waals surface area contributed by atoms with Gasteiger partial charge in [0, 0.05) is 0 Å². The van der Waals surface area contributed by atoms with Crippen molar-refractivity contribution in [1.29, 1.82) is 0 Å². The van der Waals surface area contributed by atoms with Gasteiger partial charge in [0.15, 0.2) is 0 Å². The molecule has 0 aliphatic heterocycles. The average molecular weight is 285 g/mol. The minimum atomic E-state index is -0.648. The predicted molar refractivity (Wildman–Crippen MR) is 80.8 cm³/mol. The quantitative estimate of drug-likeness (QED) is 0.476. The van der Waals surface area contributed by atoms with Gasteiger partial charge in [0.2, 0.25) is 5.91 Å². The van der Waals surface area contributed by atoms with Crippen molar-refractivity contribution >= 4 is 5.91 Å². The number of primary amides is 1. The molecule has 1 aliphatic rings. The van der Waals surface area contributed by atoms with Gasteiger partial charge in [0.1, 0.15) is 6.23 Å². The molecule has 0 aromatic rings. The van der Waals surface area contributed by atoms with E-state index >= 15 is 0 Å². The molecule has 0 aromatic heterocycles. The molecule has 20 heavy (non-hydrogen) atoms. The Morgan fingerprint density at radius 2 is 1.95 bits per heavy atom. The maximum absolute atomic E-state index is 11.3. The van der Waals surface area contributed by atoms with E-state index in [1.165, 1.54) is 25.7 Å². The summed E-state index contributed by atoms with van der Waals surface area (Å²) in [6.45, 7) is 2.84. The van der Waals surface area contributed by atoms with Gasteiger partial charge in [-0.2, -0.15) is 0 Å². The second-order valence-corrected chi connectivity index (χ2v) is 6.27. The SMILES string of the molecule is CC1CCC(CCC(O)NC(CCCN)C(N)=O)CC1. The first kappa shape index (κ1) is 17.4. The Morgan fingerprint density at radius 1 is 1.30 bits per heavy atom. The van der Waals surface area contributed by atoms with Crippen LogP contribution in [0.25, 0.3) is 0 Å². The lowest BCUT2D eigenvalue weighted by atomic mass is 9.81. The molecule has 0 aromatic carbocycles. The Bertz CT molecular complexity index is 278. The molecule has 6 N–H and O–H groups in total. The minimum absolute atomic E-state index is 0.413. The lowest BCUT2D eigenvalue weighted by Crippen LogP contribution is -2.46. The Kier molecular flexibility index (Phi) is 8.11. The van der Waals surface area contributed by atoms with Crippen molar-refractivity contribution in [2.75, 3.05) is 6.54 Å². The molecular formula is C15H31N3O2. The van der Waals surface area contributed by atoms with Gasteiger partial charge in [0.25, 0.3) is 0 Å². The van der Waals surface area contributed by atoms with Crippen molar-refractivity contribution in [3.8, 4) is 0 Å². The first-order chi connectivity index (χ1) is 9.52. The van der Waals surface area contributed by atoms with Crippen LogP contribution in [0.4, 0.5) is 0 Å². The van der Waals surface area contributed by atoms with E-state index in [1.807, 2.05) is 0 Å². The van der Waals surface area contributed by atoms with Gasteiger partial charge in [-0.1, -0.05) is 32.6 Å². The summed E-state index contributed by atoms with van der Waals surface area (Å²) < 4.78 is 0. The summed E-state index contributed by atoms with van der Waals surface area (Å²) in [5, 5.41) is 12.9. The molecule has 1 saturated carbocycles. The topological polar surface area (TPSA) is 101 Å². The van der Waals surface area contributed by atoms with Crippen LogP contribution >= 0.6 is 0 Å². The summed E-state index contributed by atoms with van der Waals surface area (Å²) in [7, 11) is 0. The normalized spacial score (nSPS) is 26.1. The smallest absolute Gasteiger partial charge is 0.234 e. The Balaban J connectivity index is 2.23. The number of carbonyl (C=O) groups excluding carboxylic acids is 1. The number of aliphatic hydroxyl groups excluding tert-OH is 1. The van der Waals surface area contributed by atoms with E-state index < -0.39 is 18.2 Å². The molecule has 118 valence electrons. The summed E-state index contributed by atoms with van der Waals surface area (Å²) >= 11 is 0. The van der Waals surface area contributed by atoms with Crippen molar-refractivity contribution < 1.29 is 9.90 Å². The fourth-order valence-corrected chi connectivity index (χ4v) is 2.96. The highest BCUT2D eigenvalue weighted by molar-refractivity contribution is 5.79. The second-order valence-electron chi connectivity index (χ2n) is 6.27. The van der Waals surface area contributed by atoms with E-state index in [4.69, 9.17) is 11.5 Å². The third kappa shape index (κ3) is 6.68. The largest absolute Gasteiger partial charge is 0.379 e. The number of hydrogen-bond donors (Lipinski definition) is 4. The second kappa shape index (κ2) is 9.32. The Morgan fingerprint density at radius 3 is 2.50 bits per heavy atom. The van der Waals surface area contributed by atoms with Gasteiger partial charge in [-0.3, -0.25) is 10.1 Å². The van der Waals surface area contributed by atoms with Crippen LogP contribution in [0.2, 0.25) is 0 Å². The number of rotatable bonds is 9. The van der Waals surface area contributed by atoms with Crippen molar-refractivity contribution in [3.05, 3.63) is 0 Å². The summed E-state index contributed by atoms with van der Waals surface area (Å²) in [6.07, 6.45) is 7.50. The van der Waals surface area contributed by atoms with Crippen LogP contribution in [0.15, 0.2) is 0 Å². The van der Waals surface area contributed by atoms with E-state index in [0.717, 1.165) is 24.7 Å². The van der Waals surface area contributed by atoms with Gasteiger partial charge >= 0.3 is 0 Å². The highest BCUT2D eigenvalue weighted by Gasteiger charge is 2.21. The van der Waals surface area contributed by atoms with Crippen molar-refractivity contribution in [2.24, 2.45) is 23.3 Å². The zero-order chi connectivity index (χ0) is 15.0. The summed E-state index contributed by atoms with van der Waals surface area (Å²) in [4.78, 5) is 11.3. The zero-order valence-corrected chi connectivity index (χ0v) is 12.7.